The summed E-state index contributed by atoms with van der Waals surface area (Å²) < 4.78 is 13.8. The van der Waals surface area contributed by atoms with Crippen LogP contribution < -0.4 is 10.6 Å². The average molecular weight is 383 g/mol. The van der Waals surface area contributed by atoms with Crippen molar-refractivity contribution in [2.75, 3.05) is 0 Å². The van der Waals surface area contributed by atoms with Crippen molar-refractivity contribution in [2.24, 2.45) is 0 Å². The van der Waals surface area contributed by atoms with Crippen LogP contribution in [0, 0.1) is 5.82 Å². The molecule has 3 aromatic rings. The minimum Gasteiger partial charge on any atom is -0.350 e. The Kier molecular flexibility index (Phi) is 5.93. The Morgan fingerprint density at radius 2 is 1.81 bits per heavy atom. The van der Waals surface area contributed by atoms with Crippen LogP contribution in [0.5, 0.6) is 0 Å². The third kappa shape index (κ3) is 4.77. The Morgan fingerprint density at radius 3 is 2.56 bits per heavy atom. The molecule has 0 bridgehead atoms. The normalized spacial score (nSPS) is 11.6. The molecule has 0 spiro atoms. The summed E-state index contributed by atoms with van der Waals surface area (Å²) in [5.41, 5.74) is 1.32. The van der Waals surface area contributed by atoms with Crippen LogP contribution in [-0.4, -0.2) is 22.8 Å². The summed E-state index contributed by atoms with van der Waals surface area (Å²) in [5, 5.41) is 5.83. The molecule has 0 fully saturated rings. The number of carbonyl (C=O) groups excluding carboxylic acids is 2. The van der Waals surface area contributed by atoms with Gasteiger partial charge in [-0.3, -0.25) is 9.59 Å². The predicted octanol–water partition coefficient (Wildman–Crippen LogP) is 3.38. The number of hydrogen-bond donors (Lipinski definition) is 2. The van der Waals surface area contributed by atoms with E-state index in [1.807, 2.05) is 30.3 Å². The van der Waals surface area contributed by atoms with Crippen LogP contribution >= 0.6 is 11.3 Å². The van der Waals surface area contributed by atoms with E-state index in [1.165, 1.54) is 12.3 Å². The number of halogens is 1. The van der Waals surface area contributed by atoms with Crippen molar-refractivity contribution < 1.29 is 14.0 Å². The van der Waals surface area contributed by atoms with Crippen molar-refractivity contribution in [3.05, 3.63) is 77.1 Å². The topological polar surface area (TPSA) is 71.1 Å². The van der Waals surface area contributed by atoms with Crippen molar-refractivity contribution in [1.29, 1.82) is 0 Å². The molecular formula is C20H18FN3O2S. The van der Waals surface area contributed by atoms with Gasteiger partial charge in [-0.1, -0.05) is 42.5 Å². The van der Waals surface area contributed by atoms with Crippen LogP contribution in [0.15, 0.2) is 60.8 Å². The summed E-state index contributed by atoms with van der Waals surface area (Å²) in [4.78, 5) is 28.9. The first kappa shape index (κ1) is 18.7. The third-order valence-corrected chi connectivity index (χ3v) is 4.91. The van der Waals surface area contributed by atoms with Gasteiger partial charge in [0.05, 0.1) is 6.20 Å². The minimum atomic E-state index is -0.708. The molecule has 138 valence electrons. The standard InChI is InChI=1S/C20H18FN3O2S/c1-13(18(25)22-11-14-7-3-2-4-8-14)24-19(26)17-12-23-20(27-17)15-9-5-6-10-16(15)21/h2-10,12-13H,11H2,1H3,(H,22,25)(H,24,26). The van der Waals surface area contributed by atoms with Gasteiger partial charge in [0, 0.05) is 12.1 Å². The maximum Gasteiger partial charge on any atom is 0.263 e. The summed E-state index contributed by atoms with van der Waals surface area (Å²) in [5.74, 6) is -1.10. The Hall–Kier alpha value is -3.06. The Bertz CT molecular complexity index is 943. The Labute approximate surface area is 160 Å². The fraction of sp³-hybridized carbons (Fsp3) is 0.150. The van der Waals surface area contributed by atoms with E-state index in [0.717, 1.165) is 16.9 Å². The lowest BCUT2D eigenvalue weighted by Gasteiger charge is -2.13. The minimum absolute atomic E-state index is 0.286. The van der Waals surface area contributed by atoms with E-state index in [1.54, 1.807) is 25.1 Å². The highest BCUT2D eigenvalue weighted by molar-refractivity contribution is 7.16. The average Bonchev–Trinajstić information content (AvgIpc) is 3.17. The third-order valence-electron chi connectivity index (χ3n) is 3.88. The molecule has 0 radical (unpaired) electrons. The first-order valence-electron chi connectivity index (χ1n) is 8.38. The quantitative estimate of drug-likeness (QED) is 0.685. The van der Waals surface area contributed by atoms with Gasteiger partial charge in [-0.15, -0.1) is 11.3 Å². The van der Waals surface area contributed by atoms with E-state index in [4.69, 9.17) is 0 Å². The highest BCUT2D eigenvalue weighted by atomic mass is 32.1. The van der Waals surface area contributed by atoms with Gasteiger partial charge in [0.2, 0.25) is 5.91 Å². The van der Waals surface area contributed by atoms with Gasteiger partial charge in [0.25, 0.3) is 5.91 Å². The van der Waals surface area contributed by atoms with Crippen LogP contribution in [0.1, 0.15) is 22.2 Å². The zero-order valence-corrected chi connectivity index (χ0v) is 15.4. The first-order chi connectivity index (χ1) is 13.0. The number of rotatable bonds is 6. The number of nitrogens with zero attached hydrogens (tertiary/aromatic N) is 1. The molecule has 0 saturated carbocycles. The van der Waals surface area contributed by atoms with Crippen LogP contribution in [0.25, 0.3) is 10.6 Å². The van der Waals surface area contributed by atoms with Gasteiger partial charge < -0.3 is 10.6 Å². The molecule has 0 aliphatic rings. The van der Waals surface area contributed by atoms with E-state index >= 15 is 0 Å². The monoisotopic (exact) mass is 383 g/mol. The molecule has 2 aromatic carbocycles. The lowest BCUT2D eigenvalue weighted by molar-refractivity contribution is -0.122. The number of benzene rings is 2. The molecule has 1 aromatic heterocycles. The predicted molar refractivity (Wildman–Crippen MR) is 103 cm³/mol. The molecule has 3 rings (SSSR count). The SMILES string of the molecule is CC(NC(=O)c1cnc(-c2ccccc2F)s1)C(=O)NCc1ccccc1. The maximum atomic E-state index is 13.8. The Balaban J connectivity index is 1.58. The second-order valence-electron chi connectivity index (χ2n) is 5.91. The molecule has 0 aliphatic carbocycles. The van der Waals surface area contributed by atoms with E-state index in [0.29, 0.717) is 22.0 Å². The fourth-order valence-corrected chi connectivity index (χ4v) is 3.26. The zero-order chi connectivity index (χ0) is 19.2. The summed E-state index contributed by atoms with van der Waals surface area (Å²) in [6, 6.07) is 15.0. The number of nitrogens with one attached hydrogen (secondary N) is 2. The molecule has 7 heteroatoms. The van der Waals surface area contributed by atoms with E-state index in [2.05, 4.69) is 15.6 Å². The second kappa shape index (κ2) is 8.55. The molecule has 1 unspecified atom stereocenters. The van der Waals surface area contributed by atoms with E-state index < -0.39 is 17.8 Å². The van der Waals surface area contributed by atoms with Gasteiger partial charge >= 0.3 is 0 Å². The molecule has 1 atom stereocenters. The molecule has 0 aliphatic heterocycles. The van der Waals surface area contributed by atoms with Crippen molar-refractivity contribution in [1.82, 2.24) is 15.6 Å². The lowest BCUT2D eigenvalue weighted by Crippen LogP contribution is -2.44. The summed E-state index contributed by atoms with van der Waals surface area (Å²) in [7, 11) is 0. The fourth-order valence-electron chi connectivity index (χ4n) is 2.41. The summed E-state index contributed by atoms with van der Waals surface area (Å²) in [6.07, 6.45) is 1.39. The zero-order valence-electron chi connectivity index (χ0n) is 14.6. The van der Waals surface area contributed by atoms with E-state index in [9.17, 15) is 14.0 Å². The lowest BCUT2D eigenvalue weighted by atomic mass is 10.2. The van der Waals surface area contributed by atoms with Crippen molar-refractivity contribution in [3.63, 3.8) is 0 Å². The van der Waals surface area contributed by atoms with Gasteiger partial charge in [0.15, 0.2) is 0 Å². The summed E-state index contributed by atoms with van der Waals surface area (Å²) in [6.45, 7) is 1.99. The van der Waals surface area contributed by atoms with Gasteiger partial charge in [-0.2, -0.15) is 0 Å². The molecule has 1 heterocycles. The molecule has 0 saturated heterocycles. The van der Waals surface area contributed by atoms with Gasteiger partial charge in [0.1, 0.15) is 21.7 Å². The second-order valence-corrected chi connectivity index (χ2v) is 6.94. The van der Waals surface area contributed by atoms with Crippen molar-refractivity contribution in [3.8, 4) is 10.6 Å². The van der Waals surface area contributed by atoms with Gasteiger partial charge in [-0.05, 0) is 24.6 Å². The molecule has 27 heavy (non-hydrogen) atoms. The number of hydrogen-bond acceptors (Lipinski definition) is 4. The highest BCUT2D eigenvalue weighted by Gasteiger charge is 2.19. The van der Waals surface area contributed by atoms with Crippen molar-refractivity contribution in [2.45, 2.75) is 19.5 Å². The number of thiazole rings is 1. The number of carbonyl (C=O) groups is 2. The van der Waals surface area contributed by atoms with Crippen molar-refractivity contribution >= 4 is 23.2 Å². The largest absolute Gasteiger partial charge is 0.350 e. The first-order valence-corrected chi connectivity index (χ1v) is 9.19. The molecule has 5 nitrogen and oxygen atoms in total. The molecular weight excluding hydrogens is 365 g/mol. The number of aromatic nitrogens is 1. The van der Waals surface area contributed by atoms with Crippen LogP contribution in [0.2, 0.25) is 0 Å². The Morgan fingerprint density at radius 1 is 1.11 bits per heavy atom. The smallest absolute Gasteiger partial charge is 0.263 e. The molecule has 2 N–H and O–H groups in total. The van der Waals surface area contributed by atoms with Crippen LogP contribution in [0.3, 0.4) is 0 Å². The maximum absolute atomic E-state index is 13.8. The van der Waals surface area contributed by atoms with Gasteiger partial charge in [-0.25, -0.2) is 9.37 Å². The highest BCUT2D eigenvalue weighted by Crippen LogP contribution is 2.27. The number of amides is 2. The van der Waals surface area contributed by atoms with Crippen LogP contribution in [-0.2, 0) is 11.3 Å². The molecule has 2 amide bonds. The van der Waals surface area contributed by atoms with E-state index in [-0.39, 0.29) is 5.91 Å². The van der Waals surface area contributed by atoms with Crippen LogP contribution in [0.4, 0.5) is 4.39 Å². The summed E-state index contributed by atoms with van der Waals surface area (Å²) >= 11 is 1.08.